The summed E-state index contributed by atoms with van der Waals surface area (Å²) in [6.45, 7) is 9.47. The topological polar surface area (TPSA) is 69.2 Å². The first kappa shape index (κ1) is 18.2. The zero-order valence-electron chi connectivity index (χ0n) is 17.4. The van der Waals surface area contributed by atoms with Crippen LogP contribution in [0.1, 0.15) is 54.5 Å². The van der Waals surface area contributed by atoms with Gasteiger partial charge in [0.15, 0.2) is 0 Å². The molecule has 1 amide bonds. The van der Waals surface area contributed by atoms with E-state index in [0.29, 0.717) is 17.7 Å². The van der Waals surface area contributed by atoms with Crippen LogP contribution in [0.2, 0.25) is 0 Å². The Balaban J connectivity index is 1.57. The number of aromatic nitrogens is 2. The van der Waals surface area contributed by atoms with Gasteiger partial charge >= 0.3 is 0 Å². The normalized spacial score (nSPS) is 25.1. The number of hydrogen-bond donors (Lipinski definition) is 2. The number of nitrogens with one attached hydrogen (secondary N) is 1. The van der Waals surface area contributed by atoms with Crippen molar-refractivity contribution in [1.82, 2.24) is 14.9 Å². The molecule has 2 bridgehead atoms. The zero-order valence-corrected chi connectivity index (χ0v) is 17.4. The Bertz CT molecular complexity index is 1150. The van der Waals surface area contributed by atoms with E-state index >= 15 is 0 Å². The molecule has 1 aromatic heterocycles. The lowest BCUT2D eigenvalue weighted by Gasteiger charge is -2.60. The number of imidazole rings is 1. The van der Waals surface area contributed by atoms with Crippen molar-refractivity contribution in [2.75, 3.05) is 6.54 Å². The summed E-state index contributed by atoms with van der Waals surface area (Å²) in [7, 11) is 0. The van der Waals surface area contributed by atoms with E-state index in [9.17, 15) is 9.90 Å². The molecule has 1 aliphatic carbocycles. The number of aromatic amines is 1. The van der Waals surface area contributed by atoms with Crippen molar-refractivity contribution in [3.05, 3.63) is 58.9 Å². The second-order valence-electron chi connectivity index (χ2n) is 9.38. The van der Waals surface area contributed by atoms with Crippen LogP contribution in [0.4, 0.5) is 0 Å². The van der Waals surface area contributed by atoms with E-state index in [2.05, 4.69) is 36.8 Å². The van der Waals surface area contributed by atoms with Crippen molar-refractivity contribution < 1.29 is 9.90 Å². The first-order valence-electron chi connectivity index (χ1n) is 10.3. The third kappa shape index (κ3) is 2.39. The van der Waals surface area contributed by atoms with E-state index in [4.69, 9.17) is 0 Å². The fourth-order valence-corrected chi connectivity index (χ4v) is 5.61. The Labute approximate surface area is 170 Å². The highest BCUT2D eigenvalue weighted by molar-refractivity contribution is 5.97. The third-order valence-electron chi connectivity index (χ3n) is 7.74. The Morgan fingerprint density at radius 1 is 1.24 bits per heavy atom. The number of amides is 1. The van der Waals surface area contributed by atoms with Gasteiger partial charge in [-0.3, -0.25) is 4.79 Å². The molecule has 3 aromatic rings. The van der Waals surface area contributed by atoms with Crippen LogP contribution in [0.5, 0.6) is 5.75 Å². The SMILES string of the molecule is Cc1nc2ccc(C(=O)N3CCC4(C)c5cccc(O)c5CC3C4(C)C)cc2[nH]1. The number of phenolic OH excluding ortho intramolecular Hbond substituents is 1. The Morgan fingerprint density at radius 2 is 2.03 bits per heavy atom. The highest BCUT2D eigenvalue weighted by Gasteiger charge is 2.57. The average Bonchev–Trinajstić information content (AvgIpc) is 3.04. The Hall–Kier alpha value is -2.82. The molecular formula is C24H27N3O2. The Morgan fingerprint density at radius 3 is 2.83 bits per heavy atom. The standard InChI is InChI=1S/C24H27N3O2/c1-14-25-18-9-8-15(12-19(18)26-14)22(29)27-11-10-24(4)17-6-5-7-20(28)16(17)13-21(27)23(24,2)3/h5-9,12,21,28H,10-11,13H2,1-4H3,(H,25,26). The van der Waals surface area contributed by atoms with E-state index in [1.54, 1.807) is 6.07 Å². The molecule has 0 radical (unpaired) electrons. The minimum absolute atomic E-state index is 0.0359. The highest BCUT2D eigenvalue weighted by atomic mass is 16.3. The number of H-pyrrole nitrogens is 1. The number of aromatic hydroxyl groups is 1. The Kier molecular flexibility index (Phi) is 3.67. The highest BCUT2D eigenvalue weighted by Crippen LogP contribution is 2.57. The van der Waals surface area contributed by atoms with Crippen LogP contribution in [0.25, 0.3) is 11.0 Å². The monoisotopic (exact) mass is 389 g/mol. The van der Waals surface area contributed by atoms with Crippen LogP contribution >= 0.6 is 0 Å². The number of phenols is 1. The van der Waals surface area contributed by atoms with Crippen LogP contribution in [0, 0.1) is 12.3 Å². The summed E-state index contributed by atoms with van der Waals surface area (Å²) in [5, 5.41) is 10.5. The van der Waals surface area contributed by atoms with Gasteiger partial charge in [-0.25, -0.2) is 4.98 Å². The molecule has 2 heterocycles. The van der Waals surface area contributed by atoms with E-state index < -0.39 is 0 Å². The molecule has 0 saturated carbocycles. The third-order valence-corrected chi connectivity index (χ3v) is 7.74. The molecule has 0 spiro atoms. The fourth-order valence-electron chi connectivity index (χ4n) is 5.61. The molecule has 2 N–H and O–H groups in total. The zero-order chi connectivity index (χ0) is 20.6. The van der Waals surface area contributed by atoms with Gasteiger partial charge in [0.05, 0.1) is 11.0 Å². The van der Waals surface area contributed by atoms with Crippen molar-refractivity contribution in [3.8, 4) is 5.75 Å². The number of carbonyl (C=O) groups excluding carboxylic acids is 1. The van der Waals surface area contributed by atoms with Crippen LogP contribution in [-0.4, -0.2) is 38.5 Å². The second kappa shape index (κ2) is 5.85. The number of aryl methyl sites for hydroxylation is 1. The van der Waals surface area contributed by atoms with Crippen LogP contribution in [-0.2, 0) is 11.8 Å². The molecular weight excluding hydrogens is 362 g/mol. The molecule has 29 heavy (non-hydrogen) atoms. The van der Waals surface area contributed by atoms with Crippen molar-refractivity contribution in [1.29, 1.82) is 0 Å². The number of likely N-dealkylation sites (tertiary alicyclic amines) is 1. The van der Waals surface area contributed by atoms with E-state index in [1.807, 2.05) is 36.1 Å². The van der Waals surface area contributed by atoms with Gasteiger partial charge < -0.3 is 15.0 Å². The molecule has 150 valence electrons. The van der Waals surface area contributed by atoms with E-state index in [0.717, 1.165) is 35.4 Å². The van der Waals surface area contributed by atoms with Crippen molar-refractivity contribution in [2.45, 2.75) is 52.0 Å². The summed E-state index contributed by atoms with van der Waals surface area (Å²) in [6, 6.07) is 11.6. The van der Waals surface area contributed by atoms with Gasteiger partial charge in [-0.05, 0) is 60.6 Å². The molecule has 5 rings (SSSR count). The molecule has 1 fully saturated rings. The summed E-state index contributed by atoms with van der Waals surface area (Å²) in [6.07, 6.45) is 1.56. The van der Waals surface area contributed by atoms with Crippen LogP contribution in [0.15, 0.2) is 36.4 Å². The number of rotatable bonds is 1. The number of benzene rings is 2. The first-order valence-corrected chi connectivity index (χ1v) is 10.3. The second-order valence-corrected chi connectivity index (χ2v) is 9.38. The lowest BCUT2D eigenvalue weighted by atomic mass is 9.51. The largest absolute Gasteiger partial charge is 0.508 e. The quantitative estimate of drug-likeness (QED) is 0.651. The molecule has 5 heteroatoms. The maximum Gasteiger partial charge on any atom is 0.254 e. The summed E-state index contributed by atoms with van der Waals surface area (Å²) >= 11 is 0. The van der Waals surface area contributed by atoms with Gasteiger partial charge in [0.2, 0.25) is 0 Å². The average molecular weight is 389 g/mol. The van der Waals surface area contributed by atoms with Crippen LogP contribution < -0.4 is 0 Å². The number of carbonyl (C=O) groups is 1. The molecule has 1 saturated heterocycles. The number of hydrogen-bond acceptors (Lipinski definition) is 3. The molecule has 2 unspecified atom stereocenters. The van der Waals surface area contributed by atoms with Gasteiger partial charge in [-0.1, -0.05) is 32.9 Å². The fraction of sp³-hybridized carbons (Fsp3) is 0.417. The maximum atomic E-state index is 13.6. The minimum Gasteiger partial charge on any atom is -0.508 e. The summed E-state index contributed by atoms with van der Waals surface area (Å²) in [5.41, 5.74) is 4.50. The lowest BCUT2D eigenvalue weighted by molar-refractivity contribution is -0.0266. The lowest BCUT2D eigenvalue weighted by Crippen LogP contribution is -2.64. The van der Waals surface area contributed by atoms with E-state index in [1.165, 1.54) is 5.56 Å². The van der Waals surface area contributed by atoms with Crippen LogP contribution in [0.3, 0.4) is 0 Å². The molecule has 2 aliphatic rings. The van der Waals surface area contributed by atoms with Gasteiger partial charge in [-0.2, -0.15) is 0 Å². The first-order chi connectivity index (χ1) is 13.7. The van der Waals surface area contributed by atoms with Gasteiger partial charge in [0.1, 0.15) is 11.6 Å². The van der Waals surface area contributed by atoms with Crippen molar-refractivity contribution >= 4 is 16.9 Å². The summed E-state index contributed by atoms with van der Waals surface area (Å²) in [4.78, 5) is 23.3. The van der Waals surface area contributed by atoms with Crippen molar-refractivity contribution in [2.24, 2.45) is 5.41 Å². The van der Waals surface area contributed by atoms with Gasteiger partial charge in [0.25, 0.3) is 5.91 Å². The summed E-state index contributed by atoms with van der Waals surface area (Å²) < 4.78 is 0. The molecule has 2 atom stereocenters. The maximum absolute atomic E-state index is 13.6. The van der Waals surface area contributed by atoms with E-state index in [-0.39, 0.29) is 22.8 Å². The molecule has 1 aliphatic heterocycles. The number of piperidine rings is 1. The molecule has 2 aromatic carbocycles. The van der Waals surface area contributed by atoms with Gasteiger partial charge in [-0.15, -0.1) is 0 Å². The smallest absolute Gasteiger partial charge is 0.254 e. The van der Waals surface area contributed by atoms with Crippen molar-refractivity contribution in [3.63, 3.8) is 0 Å². The number of fused-ring (bicyclic) bond motifs is 5. The molecule has 5 nitrogen and oxygen atoms in total. The summed E-state index contributed by atoms with van der Waals surface area (Å²) in [5.74, 6) is 1.25. The minimum atomic E-state index is -0.101. The van der Waals surface area contributed by atoms with Gasteiger partial charge in [0, 0.05) is 23.6 Å². The number of nitrogens with zero attached hydrogens (tertiary/aromatic N) is 2. The predicted molar refractivity (Wildman–Crippen MR) is 113 cm³/mol. The predicted octanol–water partition coefficient (Wildman–Crippen LogP) is 4.33.